The summed E-state index contributed by atoms with van der Waals surface area (Å²) < 4.78 is 0. The monoisotopic (exact) mass is 227 g/mol. The zero-order valence-corrected chi connectivity index (χ0v) is 10.7. The van der Waals surface area contributed by atoms with Gasteiger partial charge in [0.15, 0.2) is 0 Å². The van der Waals surface area contributed by atoms with E-state index in [9.17, 15) is 0 Å². The maximum Gasteiger partial charge on any atom is 0.0166 e. The summed E-state index contributed by atoms with van der Waals surface area (Å²) in [7, 11) is 0. The Morgan fingerprint density at radius 3 is 2.33 bits per heavy atom. The third-order valence-corrected chi connectivity index (χ3v) is 5.01. The highest BCUT2D eigenvalue weighted by Gasteiger charge is 2.17. The number of hydrogen-bond acceptors (Lipinski definition) is 2. The molecule has 0 aromatic heterocycles. The molecule has 2 rings (SSSR count). The van der Waals surface area contributed by atoms with Gasteiger partial charge in [0.1, 0.15) is 0 Å². The molecule has 0 aromatic rings. The van der Waals surface area contributed by atoms with E-state index >= 15 is 0 Å². The van der Waals surface area contributed by atoms with Crippen LogP contribution in [-0.2, 0) is 0 Å². The van der Waals surface area contributed by atoms with Gasteiger partial charge < -0.3 is 5.32 Å². The van der Waals surface area contributed by atoms with Crippen LogP contribution < -0.4 is 5.32 Å². The van der Waals surface area contributed by atoms with Crippen LogP contribution in [0.2, 0.25) is 0 Å². The van der Waals surface area contributed by atoms with Crippen molar-refractivity contribution in [2.75, 3.05) is 18.1 Å². The van der Waals surface area contributed by atoms with E-state index in [0.29, 0.717) is 0 Å². The fourth-order valence-corrected chi connectivity index (χ4v) is 3.96. The van der Waals surface area contributed by atoms with Gasteiger partial charge in [-0.3, -0.25) is 0 Å². The summed E-state index contributed by atoms with van der Waals surface area (Å²) in [4.78, 5) is 0. The van der Waals surface area contributed by atoms with E-state index in [1.54, 1.807) is 0 Å². The van der Waals surface area contributed by atoms with Crippen molar-refractivity contribution in [1.29, 1.82) is 0 Å². The molecule has 0 bridgehead atoms. The molecule has 1 saturated carbocycles. The van der Waals surface area contributed by atoms with Crippen LogP contribution in [0.5, 0.6) is 0 Å². The van der Waals surface area contributed by atoms with Crippen LogP contribution in [0.4, 0.5) is 0 Å². The summed E-state index contributed by atoms with van der Waals surface area (Å²) in [6.07, 6.45) is 11.8. The topological polar surface area (TPSA) is 12.0 Å². The van der Waals surface area contributed by atoms with Crippen LogP contribution in [0.15, 0.2) is 0 Å². The molecule has 0 amide bonds. The molecule has 2 fully saturated rings. The van der Waals surface area contributed by atoms with Crippen LogP contribution >= 0.6 is 11.8 Å². The lowest BCUT2D eigenvalue weighted by molar-refractivity contribution is 0.349. The molecule has 1 N–H and O–H groups in total. The number of rotatable bonds is 3. The normalized spacial score (nSPS) is 30.0. The van der Waals surface area contributed by atoms with Crippen LogP contribution in [0.3, 0.4) is 0 Å². The molecule has 2 heteroatoms. The molecule has 0 spiro atoms. The van der Waals surface area contributed by atoms with Crippen molar-refractivity contribution >= 4 is 11.8 Å². The van der Waals surface area contributed by atoms with Crippen molar-refractivity contribution in [2.45, 2.75) is 57.4 Å². The zero-order valence-electron chi connectivity index (χ0n) is 9.84. The second-order valence-electron chi connectivity index (χ2n) is 5.18. The fraction of sp³-hybridized carbons (Fsp3) is 1.00. The van der Waals surface area contributed by atoms with E-state index in [1.807, 2.05) is 0 Å². The zero-order chi connectivity index (χ0) is 10.3. The lowest BCUT2D eigenvalue weighted by Crippen LogP contribution is -2.33. The summed E-state index contributed by atoms with van der Waals surface area (Å²) >= 11 is 2.11. The van der Waals surface area contributed by atoms with Crippen LogP contribution in [0, 0.1) is 5.92 Å². The van der Waals surface area contributed by atoms with E-state index in [2.05, 4.69) is 17.1 Å². The van der Waals surface area contributed by atoms with Gasteiger partial charge in [-0.1, -0.05) is 32.1 Å². The van der Waals surface area contributed by atoms with Crippen molar-refractivity contribution in [1.82, 2.24) is 5.32 Å². The van der Waals surface area contributed by atoms with Gasteiger partial charge in [-0.2, -0.15) is 11.8 Å². The Bertz CT molecular complexity index is 158. The first-order chi connectivity index (χ1) is 7.45. The molecule has 1 aliphatic heterocycles. The van der Waals surface area contributed by atoms with Crippen molar-refractivity contribution in [3.8, 4) is 0 Å². The average Bonchev–Trinajstić information content (AvgIpc) is 2.68. The Morgan fingerprint density at radius 2 is 1.67 bits per heavy atom. The third-order valence-electron chi connectivity index (χ3n) is 3.85. The van der Waals surface area contributed by atoms with Crippen LogP contribution in [0.25, 0.3) is 0 Å². The SMILES string of the molecule is C1CCCC(CNC2CCSC2)CCC1. The Labute approximate surface area is 98.8 Å². The van der Waals surface area contributed by atoms with Crippen molar-refractivity contribution in [3.05, 3.63) is 0 Å². The molecule has 1 unspecified atom stereocenters. The van der Waals surface area contributed by atoms with E-state index in [-0.39, 0.29) is 0 Å². The van der Waals surface area contributed by atoms with Crippen molar-refractivity contribution in [2.24, 2.45) is 5.92 Å². The van der Waals surface area contributed by atoms with Gasteiger partial charge in [-0.05, 0) is 37.5 Å². The summed E-state index contributed by atoms with van der Waals surface area (Å²) in [5, 5.41) is 3.78. The lowest BCUT2D eigenvalue weighted by atomic mass is 9.91. The van der Waals surface area contributed by atoms with Gasteiger partial charge in [-0.25, -0.2) is 0 Å². The molecular weight excluding hydrogens is 202 g/mol. The molecule has 88 valence electrons. The highest BCUT2D eigenvalue weighted by atomic mass is 32.2. The molecule has 1 atom stereocenters. The number of thioether (sulfide) groups is 1. The van der Waals surface area contributed by atoms with Crippen molar-refractivity contribution < 1.29 is 0 Å². The Hall–Kier alpha value is 0.310. The Kier molecular flexibility index (Phi) is 5.34. The predicted octanol–water partition coefficient (Wildman–Crippen LogP) is 3.44. The molecule has 15 heavy (non-hydrogen) atoms. The molecule has 1 aliphatic carbocycles. The van der Waals surface area contributed by atoms with E-state index < -0.39 is 0 Å². The summed E-state index contributed by atoms with van der Waals surface area (Å²) in [5.74, 6) is 3.71. The number of nitrogens with one attached hydrogen (secondary N) is 1. The maximum atomic E-state index is 3.78. The van der Waals surface area contributed by atoms with Crippen LogP contribution in [-0.4, -0.2) is 24.1 Å². The molecular formula is C13H25NS. The minimum Gasteiger partial charge on any atom is -0.313 e. The minimum absolute atomic E-state index is 0.834. The fourth-order valence-electron chi connectivity index (χ4n) is 2.77. The largest absolute Gasteiger partial charge is 0.313 e. The highest BCUT2D eigenvalue weighted by Crippen LogP contribution is 2.23. The van der Waals surface area contributed by atoms with E-state index in [4.69, 9.17) is 0 Å². The summed E-state index contributed by atoms with van der Waals surface area (Å²) in [6, 6.07) is 0.834. The Morgan fingerprint density at radius 1 is 0.933 bits per heavy atom. The standard InChI is InChI=1S/C13H25NS/c1-2-4-6-12(7-5-3-1)10-14-13-8-9-15-11-13/h12-14H,1-11H2. The molecule has 0 radical (unpaired) electrons. The maximum absolute atomic E-state index is 3.78. The molecule has 1 heterocycles. The van der Waals surface area contributed by atoms with Gasteiger partial charge in [0, 0.05) is 11.8 Å². The quantitative estimate of drug-likeness (QED) is 0.792. The van der Waals surface area contributed by atoms with E-state index in [1.165, 1.54) is 69.4 Å². The smallest absolute Gasteiger partial charge is 0.0166 e. The first kappa shape index (κ1) is 11.8. The molecule has 1 saturated heterocycles. The number of hydrogen-bond donors (Lipinski definition) is 1. The predicted molar refractivity (Wildman–Crippen MR) is 69.5 cm³/mol. The molecule has 2 aliphatic rings. The highest BCUT2D eigenvalue weighted by molar-refractivity contribution is 7.99. The van der Waals surface area contributed by atoms with Crippen LogP contribution in [0.1, 0.15) is 51.4 Å². The van der Waals surface area contributed by atoms with Gasteiger partial charge in [0.05, 0.1) is 0 Å². The lowest BCUT2D eigenvalue weighted by Gasteiger charge is -2.22. The average molecular weight is 227 g/mol. The van der Waals surface area contributed by atoms with Gasteiger partial charge in [-0.15, -0.1) is 0 Å². The summed E-state index contributed by atoms with van der Waals surface area (Å²) in [6.45, 7) is 1.30. The van der Waals surface area contributed by atoms with E-state index in [0.717, 1.165) is 12.0 Å². The second-order valence-corrected chi connectivity index (χ2v) is 6.33. The first-order valence-corrected chi connectivity index (χ1v) is 7.92. The Balaban J connectivity index is 1.62. The first-order valence-electron chi connectivity index (χ1n) is 6.76. The molecule has 1 nitrogen and oxygen atoms in total. The minimum atomic E-state index is 0.834. The second kappa shape index (κ2) is 6.80. The van der Waals surface area contributed by atoms with Gasteiger partial charge >= 0.3 is 0 Å². The summed E-state index contributed by atoms with van der Waals surface area (Å²) in [5.41, 5.74) is 0. The third kappa shape index (κ3) is 4.36. The van der Waals surface area contributed by atoms with Gasteiger partial charge in [0.25, 0.3) is 0 Å². The van der Waals surface area contributed by atoms with Gasteiger partial charge in [0.2, 0.25) is 0 Å². The molecule has 0 aromatic carbocycles. The van der Waals surface area contributed by atoms with Crippen molar-refractivity contribution in [3.63, 3.8) is 0 Å².